The first-order valence-electron chi connectivity index (χ1n) is 7.83. The number of carbonyl (C=O) groups is 1. The van der Waals surface area contributed by atoms with Crippen LogP contribution in [0.2, 0.25) is 5.02 Å². The number of likely N-dealkylation sites (N-methyl/N-ethyl adjacent to an activating group) is 1. The summed E-state index contributed by atoms with van der Waals surface area (Å²) in [5, 5.41) is 3.62. The molecule has 0 unspecified atom stereocenters. The number of H-pyrrole nitrogens is 1. The third-order valence-corrected chi connectivity index (χ3v) is 3.91. The van der Waals surface area contributed by atoms with E-state index in [1.807, 2.05) is 0 Å². The highest BCUT2D eigenvalue weighted by Gasteiger charge is 2.11. The highest BCUT2D eigenvalue weighted by molar-refractivity contribution is 6.31. The molecule has 0 fully saturated rings. The number of fused-ring (bicyclic) bond motifs is 1. The third-order valence-electron chi connectivity index (χ3n) is 3.68. The first-order chi connectivity index (χ1) is 12.4. The molecule has 26 heavy (non-hydrogen) atoms. The lowest BCUT2D eigenvalue weighted by molar-refractivity contribution is -0.117. The molecule has 0 aliphatic heterocycles. The van der Waals surface area contributed by atoms with Crippen molar-refractivity contribution in [2.24, 2.45) is 0 Å². The van der Waals surface area contributed by atoms with E-state index < -0.39 is 0 Å². The molecule has 0 saturated carbocycles. The van der Waals surface area contributed by atoms with E-state index in [0.29, 0.717) is 27.4 Å². The number of amides is 1. The first-order valence-corrected chi connectivity index (χ1v) is 8.21. The van der Waals surface area contributed by atoms with Crippen LogP contribution in [0.4, 0.5) is 10.1 Å². The predicted octanol–water partition coefficient (Wildman–Crippen LogP) is 2.79. The number of hydrogen-bond donors (Lipinski definition) is 2. The number of nitrogens with one attached hydrogen (secondary N) is 2. The number of aromatic amines is 1. The normalized spacial score (nSPS) is 11.1. The van der Waals surface area contributed by atoms with Gasteiger partial charge in [0.05, 0.1) is 24.0 Å². The van der Waals surface area contributed by atoms with Crippen LogP contribution in [0.5, 0.6) is 0 Å². The first kappa shape index (κ1) is 18.0. The monoisotopic (exact) mass is 374 g/mol. The van der Waals surface area contributed by atoms with Gasteiger partial charge in [0.15, 0.2) is 0 Å². The molecule has 1 amide bonds. The summed E-state index contributed by atoms with van der Waals surface area (Å²) in [5.74, 6) is -0.196. The Balaban J connectivity index is 1.66. The van der Waals surface area contributed by atoms with Crippen LogP contribution >= 0.6 is 11.6 Å². The summed E-state index contributed by atoms with van der Waals surface area (Å²) in [6.45, 7) is 0.350. The van der Waals surface area contributed by atoms with E-state index in [1.165, 1.54) is 24.3 Å². The molecule has 2 N–H and O–H groups in total. The van der Waals surface area contributed by atoms with Gasteiger partial charge in [0.1, 0.15) is 11.6 Å². The second-order valence-electron chi connectivity index (χ2n) is 5.90. The van der Waals surface area contributed by atoms with Crippen molar-refractivity contribution >= 4 is 34.1 Å². The average Bonchev–Trinajstić information content (AvgIpc) is 2.56. The van der Waals surface area contributed by atoms with Gasteiger partial charge in [-0.1, -0.05) is 11.6 Å². The largest absolute Gasteiger partial charge is 0.325 e. The fraction of sp³-hybridized carbons (Fsp3) is 0.167. The number of nitrogens with zero attached hydrogens (tertiary/aromatic N) is 2. The van der Waals surface area contributed by atoms with Crippen LogP contribution in [0.1, 0.15) is 5.82 Å². The zero-order valence-electron chi connectivity index (χ0n) is 13.9. The van der Waals surface area contributed by atoms with E-state index in [2.05, 4.69) is 15.3 Å². The molecule has 0 aliphatic carbocycles. The number of halogens is 2. The van der Waals surface area contributed by atoms with E-state index in [0.717, 1.165) is 0 Å². The van der Waals surface area contributed by atoms with Gasteiger partial charge < -0.3 is 10.3 Å². The van der Waals surface area contributed by atoms with Gasteiger partial charge in [-0.25, -0.2) is 9.37 Å². The SMILES string of the molecule is CN(CC(=O)Nc1ccc(F)cc1)Cc1nc2cc(Cl)ccc2c(=O)[nH]1. The van der Waals surface area contributed by atoms with Crippen molar-refractivity contribution < 1.29 is 9.18 Å². The topological polar surface area (TPSA) is 78.1 Å². The quantitative estimate of drug-likeness (QED) is 0.719. The smallest absolute Gasteiger partial charge is 0.258 e. The standard InChI is InChI=1S/C18H16ClFN4O2/c1-24(10-17(25)21-13-5-3-12(20)4-6-13)9-16-22-15-8-11(19)2-7-14(15)18(26)23-16/h2-8H,9-10H2,1H3,(H,21,25)(H,22,23,26). The summed E-state index contributed by atoms with van der Waals surface area (Å²) in [6.07, 6.45) is 0. The molecular weight excluding hydrogens is 359 g/mol. The molecule has 134 valence electrons. The minimum atomic E-state index is -0.369. The molecule has 8 heteroatoms. The molecule has 1 aromatic heterocycles. The Kier molecular flexibility index (Phi) is 5.29. The van der Waals surface area contributed by atoms with E-state index in [4.69, 9.17) is 11.6 Å². The highest BCUT2D eigenvalue weighted by atomic mass is 35.5. The van der Waals surface area contributed by atoms with Gasteiger partial charge in [0, 0.05) is 10.7 Å². The Labute approximate surface area is 153 Å². The average molecular weight is 375 g/mol. The maximum Gasteiger partial charge on any atom is 0.258 e. The van der Waals surface area contributed by atoms with Gasteiger partial charge in [-0.2, -0.15) is 0 Å². The van der Waals surface area contributed by atoms with Crippen LogP contribution < -0.4 is 10.9 Å². The summed E-state index contributed by atoms with van der Waals surface area (Å²) >= 11 is 5.95. The van der Waals surface area contributed by atoms with Gasteiger partial charge >= 0.3 is 0 Å². The summed E-state index contributed by atoms with van der Waals surface area (Å²) < 4.78 is 12.9. The number of rotatable bonds is 5. The molecule has 3 rings (SSSR count). The van der Waals surface area contributed by atoms with Crippen molar-refractivity contribution in [3.05, 3.63) is 69.5 Å². The van der Waals surface area contributed by atoms with E-state index in [9.17, 15) is 14.0 Å². The van der Waals surface area contributed by atoms with Crippen molar-refractivity contribution in [2.75, 3.05) is 18.9 Å². The zero-order valence-corrected chi connectivity index (χ0v) is 14.7. The Morgan fingerprint density at radius 3 is 2.73 bits per heavy atom. The van der Waals surface area contributed by atoms with E-state index >= 15 is 0 Å². The number of carbonyl (C=O) groups excluding carboxylic acids is 1. The summed E-state index contributed by atoms with van der Waals surface area (Å²) in [6, 6.07) is 10.4. The van der Waals surface area contributed by atoms with E-state index in [1.54, 1.807) is 30.1 Å². The third kappa shape index (κ3) is 4.44. The van der Waals surface area contributed by atoms with Crippen LogP contribution in [0, 0.1) is 5.82 Å². The van der Waals surface area contributed by atoms with Gasteiger partial charge in [-0.15, -0.1) is 0 Å². The lowest BCUT2D eigenvalue weighted by atomic mass is 10.2. The maximum absolute atomic E-state index is 12.9. The molecule has 0 bridgehead atoms. The van der Waals surface area contributed by atoms with Crippen LogP contribution in [-0.2, 0) is 11.3 Å². The molecule has 0 saturated heterocycles. The molecule has 2 aromatic carbocycles. The van der Waals surface area contributed by atoms with Gasteiger partial charge in [-0.05, 0) is 49.5 Å². The Hall–Kier alpha value is -2.77. The molecule has 0 atom stereocenters. The van der Waals surface area contributed by atoms with Crippen LogP contribution in [0.25, 0.3) is 10.9 Å². The highest BCUT2D eigenvalue weighted by Crippen LogP contribution is 2.15. The van der Waals surface area contributed by atoms with Crippen LogP contribution in [-0.4, -0.2) is 34.4 Å². The van der Waals surface area contributed by atoms with Crippen molar-refractivity contribution in [3.63, 3.8) is 0 Å². The predicted molar refractivity (Wildman–Crippen MR) is 98.7 cm³/mol. The molecule has 0 radical (unpaired) electrons. The Morgan fingerprint density at radius 2 is 2.00 bits per heavy atom. The minimum Gasteiger partial charge on any atom is -0.325 e. The number of benzene rings is 2. The van der Waals surface area contributed by atoms with Crippen LogP contribution in [0.3, 0.4) is 0 Å². The summed E-state index contributed by atoms with van der Waals surface area (Å²) in [7, 11) is 1.73. The summed E-state index contributed by atoms with van der Waals surface area (Å²) in [4.78, 5) is 33.0. The van der Waals surface area contributed by atoms with Crippen LogP contribution in [0.15, 0.2) is 47.3 Å². The molecule has 1 heterocycles. The second-order valence-corrected chi connectivity index (χ2v) is 6.34. The van der Waals surface area contributed by atoms with Crippen molar-refractivity contribution in [1.29, 1.82) is 0 Å². The Morgan fingerprint density at radius 1 is 1.27 bits per heavy atom. The molecule has 6 nitrogen and oxygen atoms in total. The lowest BCUT2D eigenvalue weighted by Crippen LogP contribution is -2.31. The van der Waals surface area contributed by atoms with Crippen molar-refractivity contribution in [1.82, 2.24) is 14.9 Å². The zero-order chi connectivity index (χ0) is 18.7. The maximum atomic E-state index is 12.9. The fourth-order valence-electron chi connectivity index (χ4n) is 2.53. The Bertz CT molecular complexity index is 1000. The molecule has 0 aliphatic rings. The van der Waals surface area contributed by atoms with Crippen molar-refractivity contribution in [2.45, 2.75) is 6.54 Å². The molecule has 3 aromatic rings. The van der Waals surface area contributed by atoms with E-state index in [-0.39, 0.29) is 30.4 Å². The van der Waals surface area contributed by atoms with Gasteiger partial charge in [0.25, 0.3) is 5.56 Å². The second kappa shape index (κ2) is 7.63. The van der Waals surface area contributed by atoms with Crippen molar-refractivity contribution in [3.8, 4) is 0 Å². The van der Waals surface area contributed by atoms with Gasteiger partial charge in [0.2, 0.25) is 5.91 Å². The summed E-state index contributed by atoms with van der Waals surface area (Å²) in [5.41, 5.74) is 0.753. The number of hydrogen-bond acceptors (Lipinski definition) is 4. The number of anilines is 1. The lowest BCUT2D eigenvalue weighted by Gasteiger charge is -2.16. The molecular formula is C18H16ClFN4O2. The van der Waals surface area contributed by atoms with Gasteiger partial charge in [-0.3, -0.25) is 14.5 Å². The number of aromatic nitrogens is 2. The fourth-order valence-corrected chi connectivity index (χ4v) is 2.69. The molecule has 0 spiro atoms. The minimum absolute atomic E-state index is 0.0780.